The maximum atomic E-state index is 13.0. The van der Waals surface area contributed by atoms with Gasteiger partial charge in [0.2, 0.25) is 12.2 Å². The summed E-state index contributed by atoms with van der Waals surface area (Å²) < 4.78 is 56.0. The number of nitrogens with two attached hydrogens (primary N) is 1. The number of hydrogen-bond donors (Lipinski definition) is 1. The van der Waals surface area contributed by atoms with Gasteiger partial charge >= 0.3 is 23.8 Å². The fourth-order valence-electron chi connectivity index (χ4n) is 3.09. The van der Waals surface area contributed by atoms with E-state index in [1.165, 1.54) is 0 Å². The third kappa shape index (κ3) is 4.37. The molecule has 2 N–H and O–H groups in total. The lowest BCUT2D eigenvalue weighted by Crippen LogP contribution is -2.35. The summed E-state index contributed by atoms with van der Waals surface area (Å²) in [5.74, 6) is -1.63. The first-order chi connectivity index (χ1) is 14.0. The van der Waals surface area contributed by atoms with Crippen molar-refractivity contribution < 1.29 is 37.0 Å². The SMILES string of the molecule is CCC(=O)O[C@H]1C[C@@H](OC(C)=O)[C@H](n2c(=O)n(CC(F)(F)F)c3cnc(N)nc32)O1. The molecule has 0 aliphatic carbocycles. The van der Waals surface area contributed by atoms with Crippen LogP contribution in [-0.2, 0) is 30.3 Å². The van der Waals surface area contributed by atoms with Crippen molar-refractivity contribution in [2.24, 2.45) is 0 Å². The van der Waals surface area contributed by atoms with Crippen LogP contribution in [0.2, 0.25) is 0 Å². The first-order valence-electron chi connectivity index (χ1n) is 8.82. The normalized spacial score (nSPS) is 21.7. The molecule has 2 aromatic rings. The molecule has 0 amide bonds. The van der Waals surface area contributed by atoms with E-state index >= 15 is 0 Å². The Labute approximate surface area is 166 Å². The molecule has 3 heterocycles. The average molecular weight is 433 g/mol. The standard InChI is InChI=1S/C16H18F3N5O6/c1-3-10(26)29-11-4-9(28-7(2)25)13(30-11)24-12-8(5-21-14(20)22-12)23(15(24)27)6-16(17,18)19/h5,9,11,13H,3-4,6H2,1-2H3,(H2,20,21,22)/t9-,11-,13-/m1/s1. The van der Waals surface area contributed by atoms with Crippen molar-refractivity contribution in [3.8, 4) is 0 Å². The monoisotopic (exact) mass is 433 g/mol. The summed E-state index contributed by atoms with van der Waals surface area (Å²) in [4.78, 5) is 43.4. The Balaban J connectivity index is 2.11. The first-order valence-corrected chi connectivity index (χ1v) is 8.82. The summed E-state index contributed by atoms with van der Waals surface area (Å²) in [6.45, 7) is 1.05. The van der Waals surface area contributed by atoms with Gasteiger partial charge in [0.1, 0.15) is 12.1 Å². The number of nitrogen functional groups attached to an aromatic ring is 1. The quantitative estimate of drug-likeness (QED) is 0.680. The molecule has 1 saturated heterocycles. The molecule has 30 heavy (non-hydrogen) atoms. The van der Waals surface area contributed by atoms with Gasteiger partial charge in [-0.2, -0.15) is 18.2 Å². The van der Waals surface area contributed by atoms with Crippen molar-refractivity contribution in [3.05, 3.63) is 16.7 Å². The molecule has 2 aromatic heterocycles. The number of carbonyl (C=O) groups is 2. The number of nitrogens with zero attached hydrogens (tertiary/aromatic N) is 4. The lowest BCUT2D eigenvalue weighted by atomic mass is 10.2. The van der Waals surface area contributed by atoms with Gasteiger partial charge in [-0.05, 0) is 0 Å². The van der Waals surface area contributed by atoms with Gasteiger partial charge in [0.15, 0.2) is 18.0 Å². The van der Waals surface area contributed by atoms with Crippen LogP contribution < -0.4 is 11.4 Å². The van der Waals surface area contributed by atoms with Crippen LogP contribution in [0, 0.1) is 0 Å². The number of carbonyl (C=O) groups excluding carboxylic acids is 2. The average Bonchev–Trinajstić information content (AvgIpc) is 3.11. The second-order valence-corrected chi connectivity index (χ2v) is 6.47. The predicted molar refractivity (Wildman–Crippen MR) is 92.7 cm³/mol. The van der Waals surface area contributed by atoms with E-state index in [1.54, 1.807) is 6.92 Å². The number of rotatable bonds is 5. The van der Waals surface area contributed by atoms with Crippen molar-refractivity contribution >= 4 is 29.1 Å². The van der Waals surface area contributed by atoms with E-state index in [4.69, 9.17) is 19.9 Å². The molecular weight excluding hydrogens is 415 g/mol. The lowest BCUT2D eigenvalue weighted by molar-refractivity contribution is -0.183. The molecule has 0 spiro atoms. The molecule has 0 bridgehead atoms. The number of fused-ring (bicyclic) bond motifs is 1. The van der Waals surface area contributed by atoms with Crippen LogP contribution in [0.5, 0.6) is 0 Å². The van der Waals surface area contributed by atoms with Gasteiger partial charge < -0.3 is 19.9 Å². The topological polar surface area (TPSA) is 141 Å². The molecule has 1 aliphatic heterocycles. The number of ether oxygens (including phenoxy) is 3. The number of esters is 2. The minimum absolute atomic E-state index is 0.0390. The van der Waals surface area contributed by atoms with Gasteiger partial charge in [0.05, 0.1) is 12.6 Å². The third-order valence-electron chi connectivity index (χ3n) is 4.22. The van der Waals surface area contributed by atoms with Crippen LogP contribution in [0.4, 0.5) is 19.1 Å². The molecule has 14 heteroatoms. The largest absolute Gasteiger partial charge is 0.457 e. The van der Waals surface area contributed by atoms with E-state index in [9.17, 15) is 27.6 Å². The van der Waals surface area contributed by atoms with Crippen molar-refractivity contribution in [2.45, 2.75) is 58.0 Å². The summed E-state index contributed by atoms with van der Waals surface area (Å²) in [7, 11) is 0. The van der Waals surface area contributed by atoms with Gasteiger partial charge in [-0.1, -0.05) is 6.92 Å². The third-order valence-corrected chi connectivity index (χ3v) is 4.22. The molecule has 164 valence electrons. The van der Waals surface area contributed by atoms with Crippen molar-refractivity contribution in [3.63, 3.8) is 0 Å². The summed E-state index contributed by atoms with van der Waals surface area (Å²) in [6.07, 6.45) is -7.54. The van der Waals surface area contributed by atoms with Crippen molar-refractivity contribution in [2.75, 3.05) is 5.73 Å². The predicted octanol–water partition coefficient (Wildman–Crippen LogP) is 0.867. The Kier molecular flexibility index (Phi) is 5.70. The van der Waals surface area contributed by atoms with Gasteiger partial charge in [-0.25, -0.2) is 14.3 Å². The maximum Gasteiger partial charge on any atom is 0.406 e. The number of alkyl halides is 3. The molecule has 0 aromatic carbocycles. The second kappa shape index (κ2) is 7.93. The summed E-state index contributed by atoms with van der Waals surface area (Å²) >= 11 is 0. The molecule has 0 radical (unpaired) electrons. The fourth-order valence-corrected chi connectivity index (χ4v) is 3.09. The van der Waals surface area contributed by atoms with E-state index in [0.717, 1.165) is 17.7 Å². The zero-order valence-electron chi connectivity index (χ0n) is 15.9. The Morgan fingerprint density at radius 1 is 1.37 bits per heavy atom. The fraction of sp³-hybridized carbons (Fsp3) is 0.562. The summed E-state index contributed by atoms with van der Waals surface area (Å²) in [6, 6.07) is 0. The maximum absolute atomic E-state index is 13.0. The van der Waals surface area contributed by atoms with Crippen molar-refractivity contribution in [1.82, 2.24) is 19.1 Å². The van der Waals surface area contributed by atoms with Gasteiger partial charge in [-0.3, -0.25) is 14.2 Å². The van der Waals surface area contributed by atoms with Crippen LogP contribution in [0.25, 0.3) is 11.2 Å². The molecule has 0 unspecified atom stereocenters. The van der Waals surface area contributed by atoms with E-state index in [-0.39, 0.29) is 30.0 Å². The van der Waals surface area contributed by atoms with E-state index in [2.05, 4.69) is 9.97 Å². The molecular formula is C16H18F3N5O6. The molecule has 3 rings (SSSR count). The zero-order valence-corrected chi connectivity index (χ0v) is 15.9. The van der Waals surface area contributed by atoms with Crippen LogP contribution in [-0.4, -0.2) is 49.6 Å². The Morgan fingerprint density at radius 2 is 2.07 bits per heavy atom. The number of anilines is 1. The van der Waals surface area contributed by atoms with Gasteiger partial charge in [0, 0.05) is 13.3 Å². The summed E-state index contributed by atoms with van der Waals surface area (Å²) in [5.41, 5.74) is 3.91. The summed E-state index contributed by atoms with van der Waals surface area (Å²) in [5, 5.41) is 0. The highest BCUT2D eigenvalue weighted by molar-refractivity contribution is 5.72. The van der Waals surface area contributed by atoms with Gasteiger partial charge in [-0.15, -0.1) is 0 Å². The number of halogens is 3. The molecule has 0 saturated carbocycles. The Bertz CT molecular complexity index is 1030. The van der Waals surface area contributed by atoms with Crippen LogP contribution >= 0.6 is 0 Å². The lowest BCUT2D eigenvalue weighted by Gasteiger charge is -2.19. The highest BCUT2D eigenvalue weighted by atomic mass is 19.4. The second-order valence-electron chi connectivity index (χ2n) is 6.47. The van der Waals surface area contributed by atoms with Gasteiger partial charge in [0.25, 0.3) is 0 Å². The number of imidazole rings is 1. The van der Waals surface area contributed by atoms with E-state index < -0.39 is 49.0 Å². The minimum atomic E-state index is -4.71. The smallest absolute Gasteiger partial charge is 0.406 e. The highest BCUT2D eigenvalue weighted by Crippen LogP contribution is 2.33. The zero-order chi connectivity index (χ0) is 22.2. The highest BCUT2D eigenvalue weighted by Gasteiger charge is 2.43. The number of hydrogen-bond acceptors (Lipinski definition) is 9. The molecule has 11 nitrogen and oxygen atoms in total. The van der Waals surface area contributed by atoms with Crippen LogP contribution in [0.1, 0.15) is 32.9 Å². The molecule has 1 aliphatic rings. The van der Waals surface area contributed by atoms with Crippen LogP contribution in [0.15, 0.2) is 11.0 Å². The number of aromatic nitrogens is 4. The minimum Gasteiger partial charge on any atom is -0.457 e. The molecule has 3 atom stereocenters. The van der Waals surface area contributed by atoms with Crippen LogP contribution in [0.3, 0.4) is 0 Å². The van der Waals surface area contributed by atoms with E-state index in [0.29, 0.717) is 4.57 Å². The first kappa shape index (κ1) is 21.5. The van der Waals surface area contributed by atoms with Crippen molar-refractivity contribution in [1.29, 1.82) is 0 Å². The van der Waals surface area contributed by atoms with E-state index in [1.807, 2.05) is 0 Å². The molecule has 1 fully saturated rings. The Morgan fingerprint density at radius 3 is 2.67 bits per heavy atom. The Hall–Kier alpha value is -3.16.